The lowest BCUT2D eigenvalue weighted by Crippen LogP contribution is -2.12. The Kier molecular flexibility index (Phi) is 4.92. The van der Waals surface area contributed by atoms with Crippen LogP contribution in [0, 0.1) is 23.5 Å². The van der Waals surface area contributed by atoms with Gasteiger partial charge in [0.25, 0.3) is 0 Å². The fourth-order valence-corrected chi connectivity index (χ4v) is 2.65. The van der Waals surface area contributed by atoms with Gasteiger partial charge in [0.1, 0.15) is 11.6 Å². The fraction of sp³-hybridized carbons (Fsp3) is 0.500. The second-order valence-electron chi connectivity index (χ2n) is 4.29. The zero-order valence-corrected chi connectivity index (χ0v) is 12.6. The summed E-state index contributed by atoms with van der Waals surface area (Å²) in [5, 5.41) is 0. The maximum absolute atomic E-state index is 13.7. The average molecular weight is 356 g/mol. The molecule has 0 radical (unpaired) electrons. The molecule has 0 aliphatic heterocycles. The van der Waals surface area contributed by atoms with E-state index in [1.807, 2.05) is 6.92 Å². The Morgan fingerprint density at radius 2 is 1.62 bits per heavy atom. The van der Waals surface area contributed by atoms with Gasteiger partial charge in [-0.15, -0.1) is 0 Å². The first-order valence-corrected chi connectivity index (χ1v) is 6.84. The van der Waals surface area contributed by atoms with Gasteiger partial charge in [-0.05, 0) is 39.9 Å². The van der Waals surface area contributed by atoms with E-state index < -0.39 is 5.82 Å². The lowest BCUT2D eigenvalue weighted by Gasteiger charge is -2.22. The number of rotatable bonds is 3. The third-order valence-corrected chi connectivity index (χ3v) is 4.78. The minimum atomic E-state index is -0.434. The molecule has 2 atom stereocenters. The third kappa shape index (κ3) is 3.04. The second kappa shape index (κ2) is 5.58. The van der Waals surface area contributed by atoms with Gasteiger partial charge in [-0.3, -0.25) is 0 Å². The number of hydrogen-bond acceptors (Lipinski definition) is 0. The van der Waals surface area contributed by atoms with E-state index >= 15 is 0 Å². The zero-order valence-electron chi connectivity index (χ0n) is 9.40. The Balaban J connectivity index is 3.08. The molecule has 2 unspecified atom stereocenters. The summed E-state index contributed by atoms with van der Waals surface area (Å²) < 4.78 is 27.2. The molecule has 0 bridgehead atoms. The van der Waals surface area contributed by atoms with E-state index in [2.05, 4.69) is 45.7 Å². The molecule has 0 saturated carbocycles. The molecule has 90 valence electrons. The highest BCUT2D eigenvalue weighted by Crippen LogP contribution is 2.37. The predicted octanol–water partition coefficient (Wildman–Crippen LogP) is 5.46. The molecule has 0 N–H and O–H groups in total. The van der Waals surface area contributed by atoms with Crippen LogP contribution in [0.4, 0.5) is 8.78 Å². The third-order valence-electron chi connectivity index (χ3n) is 2.85. The van der Waals surface area contributed by atoms with E-state index in [0.29, 0.717) is 11.5 Å². The van der Waals surface area contributed by atoms with Crippen molar-refractivity contribution in [3.05, 3.63) is 33.8 Å². The van der Waals surface area contributed by atoms with E-state index in [4.69, 9.17) is 0 Å². The topological polar surface area (TPSA) is 0 Å². The van der Waals surface area contributed by atoms with Crippen LogP contribution in [0.2, 0.25) is 0 Å². The largest absolute Gasteiger partial charge is 0.207 e. The van der Waals surface area contributed by atoms with Crippen molar-refractivity contribution in [3.63, 3.8) is 0 Å². The summed E-state index contributed by atoms with van der Waals surface area (Å²) in [6.45, 7) is 6.14. The maximum atomic E-state index is 13.7. The van der Waals surface area contributed by atoms with Crippen molar-refractivity contribution < 1.29 is 8.78 Å². The van der Waals surface area contributed by atoms with E-state index in [1.165, 1.54) is 12.1 Å². The molecule has 0 aliphatic rings. The molecule has 0 saturated heterocycles. The van der Waals surface area contributed by atoms with Gasteiger partial charge in [0.2, 0.25) is 0 Å². The van der Waals surface area contributed by atoms with Crippen molar-refractivity contribution in [1.29, 1.82) is 0 Å². The van der Waals surface area contributed by atoms with Crippen LogP contribution in [-0.4, -0.2) is 0 Å². The number of alkyl halides is 1. The minimum Gasteiger partial charge on any atom is -0.207 e. The smallest absolute Gasteiger partial charge is 0.137 e. The van der Waals surface area contributed by atoms with Crippen LogP contribution >= 0.6 is 31.9 Å². The van der Waals surface area contributed by atoms with Crippen molar-refractivity contribution in [2.24, 2.45) is 11.8 Å². The van der Waals surface area contributed by atoms with Crippen LogP contribution in [0.15, 0.2) is 16.6 Å². The summed E-state index contributed by atoms with van der Waals surface area (Å²) in [6.07, 6.45) is 0. The molecule has 16 heavy (non-hydrogen) atoms. The number of hydrogen-bond donors (Lipinski definition) is 0. The van der Waals surface area contributed by atoms with Gasteiger partial charge in [-0.1, -0.05) is 36.7 Å². The molecule has 1 rings (SSSR count). The van der Waals surface area contributed by atoms with Gasteiger partial charge in [-0.2, -0.15) is 0 Å². The summed E-state index contributed by atoms with van der Waals surface area (Å²) in [7, 11) is 0. The molecular weight excluding hydrogens is 342 g/mol. The molecule has 1 aromatic carbocycles. The average Bonchev–Trinajstić information content (AvgIpc) is 2.21. The van der Waals surface area contributed by atoms with Crippen molar-refractivity contribution >= 4 is 31.9 Å². The van der Waals surface area contributed by atoms with Gasteiger partial charge in [0.05, 0.1) is 4.47 Å². The molecule has 0 heterocycles. The molecule has 4 heteroatoms. The minimum absolute atomic E-state index is 0.158. The lowest BCUT2D eigenvalue weighted by molar-refractivity contribution is 0.406. The number of halogens is 4. The van der Waals surface area contributed by atoms with Crippen molar-refractivity contribution in [2.45, 2.75) is 25.6 Å². The Hall–Kier alpha value is 0.0400. The SMILES string of the molecule is CC(C)C(C)C(Br)c1cc(F)c(Br)cc1F. The van der Waals surface area contributed by atoms with Crippen LogP contribution in [0.25, 0.3) is 0 Å². The Morgan fingerprint density at radius 3 is 2.12 bits per heavy atom. The zero-order chi connectivity index (χ0) is 12.5. The number of benzene rings is 1. The standard InChI is InChI=1S/C12H14Br2F2/c1-6(2)7(3)12(14)8-4-11(16)9(13)5-10(8)15/h4-7,12H,1-3H3. The normalized spacial score (nSPS) is 15.2. The first-order chi connectivity index (χ1) is 7.34. The van der Waals surface area contributed by atoms with Crippen LogP contribution in [0.1, 0.15) is 31.2 Å². The van der Waals surface area contributed by atoms with E-state index in [1.54, 1.807) is 0 Å². The first-order valence-electron chi connectivity index (χ1n) is 5.13. The predicted molar refractivity (Wildman–Crippen MR) is 69.7 cm³/mol. The molecule has 0 amide bonds. The molecular formula is C12H14Br2F2. The van der Waals surface area contributed by atoms with Crippen molar-refractivity contribution in [1.82, 2.24) is 0 Å². The fourth-order valence-electron chi connectivity index (χ4n) is 1.37. The molecule has 0 fully saturated rings. The second-order valence-corrected chi connectivity index (χ2v) is 6.13. The highest BCUT2D eigenvalue weighted by atomic mass is 79.9. The molecule has 0 spiro atoms. The Labute approximate surface area is 112 Å². The van der Waals surface area contributed by atoms with Gasteiger partial charge in [0, 0.05) is 10.4 Å². The molecule has 0 aliphatic carbocycles. The van der Waals surface area contributed by atoms with Crippen LogP contribution < -0.4 is 0 Å². The summed E-state index contributed by atoms with van der Waals surface area (Å²) in [5.41, 5.74) is 0.377. The van der Waals surface area contributed by atoms with Gasteiger partial charge >= 0.3 is 0 Å². The maximum Gasteiger partial charge on any atom is 0.137 e. The van der Waals surface area contributed by atoms with Gasteiger partial charge in [-0.25, -0.2) is 8.78 Å². The highest BCUT2D eigenvalue weighted by molar-refractivity contribution is 9.10. The van der Waals surface area contributed by atoms with E-state index in [0.717, 1.165) is 0 Å². The summed E-state index contributed by atoms with van der Waals surface area (Å²) in [6, 6.07) is 2.42. The first kappa shape index (κ1) is 14.1. The molecule has 0 nitrogen and oxygen atoms in total. The van der Waals surface area contributed by atoms with Crippen molar-refractivity contribution in [2.75, 3.05) is 0 Å². The monoisotopic (exact) mass is 354 g/mol. The van der Waals surface area contributed by atoms with Crippen LogP contribution in [0.3, 0.4) is 0 Å². The van der Waals surface area contributed by atoms with Crippen molar-refractivity contribution in [3.8, 4) is 0 Å². The van der Waals surface area contributed by atoms with Gasteiger partial charge in [0.15, 0.2) is 0 Å². The summed E-state index contributed by atoms with van der Waals surface area (Å²) >= 11 is 6.40. The van der Waals surface area contributed by atoms with Crippen LogP contribution in [0.5, 0.6) is 0 Å². The Bertz CT molecular complexity index is 378. The molecule has 0 aromatic heterocycles. The quantitative estimate of drug-likeness (QED) is 0.499. The Morgan fingerprint density at radius 1 is 1.06 bits per heavy atom. The van der Waals surface area contributed by atoms with Gasteiger partial charge < -0.3 is 0 Å². The van der Waals surface area contributed by atoms with Crippen LogP contribution in [-0.2, 0) is 0 Å². The highest BCUT2D eigenvalue weighted by Gasteiger charge is 2.23. The lowest BCUT2D eigenvalue weighted by atomic mass is 9.91. The summed E-state index contributed by atoms with van der Waals surface area (Å²) in [5.74, 6) is -0.190. The summed E-state index contributed by atoms with van der Waals surface area (Å²) in [4.78, 5) is -0.171. The van der Waals surface area contributed by atoms with E-state index in [-0.39, 0.29) is 21.0 Å². The van der Waals surface area contributed by atoms with E-state index in [9.17, 15) is 8.78 Å². The molecule has 1 aromatic rings.